The maximum atomic E-state index is 14.3. The van der Waals surface area contributed by atoms with Crippen LogP contribution in [0, 0.1) is 12.3 Å². The number of carbonyl (C=O) groups is 3. The van der Waals surface area contributed by atoms with Crippen molar-refractivity contribution >= 4 is 18.0 Å². The molecule has 4 amide bonds. The number of nitrogens with zero attached hydrogens (tertiary/aromatic N) is 5. The molecule has 51 heavy (non-hydrogen) atoms. The molecular weight excluding hydrogens is 644 g/mol. The molecule has 0 saturated carbocycles. The Hall–Kier alpha value is -5.29. The molecule has 0 aliphatic carbocycles. The Kier molecular flexibility index (Phi) is 12.0. The van der Waals surface area contributed by atoms with Crippen molar-refractivity contribution in [3.05, 3.63) is 120 Å². The van der Waals surface area contributed by atoms with Crippen LogP contribution in [0.25, 0.3) is 11.1 Å². The van der Waals surface area contributed by atoms with Gasteiger partial charge in [0.15, 0.2) is 0 Å². The predicted molar refractivity (Wildman–Crippen MR) is 195 cm³/mol. The lowest BCUT2D eigenvalue weighted by molar-refractivity contribution is -0.129. The molecular formula is C40H48N6O5. The highest BCUT2D eigenvalue weighted by Crippen LogP contribution is 2.29. The lowest BCUT2D eigenvalue weighted by Gasteiger charge is -2.37. The van der Waals surface area contributed by atoms with Crippen LogP contribution in [0.5, 0.6) is 0 Å². The summed E-state index contributed by atoms with van der Waals surface area (Å²) in [7, 11) is 0. The van der Waals surface area contributed by atoms with Gasteiger partial charge in [-0.3, -0.25) is 20.0 Å². The molecule has 3 heterocycles. The summed E-state index contributed by atoms with van der Waals surface area (Å²) in [5.74, 6) is -0.269. The molecule has 1 aliphatic rings. The molecule has 11 heteroatoms. The lowest BCUT2D eigenvalue weighted by Crippen LogP contribution is -2.56. The smallest absolute Gasteiger partial charge is 0.431 e. The number of aryl methyl sites for hydroxylation is 1. The average Bonchev–Trinajstić information content (AvgIpc) is 3.44. The molecule has 1 unspecified atom stereocenters. The quantitative estimate of drug-likeness (QED) is 0.100. The summed E-state index contributed by atoms with van der Waals surface area (Å²) in [6, 6.07) is 25.0. The number of carbonyl (C=O) groups excluding carboxylic acids is 2. The molecule has 1 fully saturated rings. The Morgan fingerprint density at radius 3 is 2.18 bits per heavy atom. The second-order valence-corrected chi connectivity index (χ2v) is 14.3. The van der Waals surface area contributed by atoms with Crippen LogP contribution in [0.15, 0.2) is 97.3 Å². The number of hydrogen-bond acceptors (Lipinski definition) is 6. The summed E-state index contributed by atoms with van der Waals surface area (Å²) >= 11 is 0. The number of urea groups is 1. The van der Waals surface area contributed by atoms with Gasteiger partial charge in [0.2, 0.25) is 5.91 Å². The highest BCUT2D eigenvalue weighted by Gasteiger charge is 2.44. The predicted octanol–water partition coefficient (Wildman–Crippen LogP) is 6.59. The van der Waals surface area contributed by atoms with Gasteiger partial charge in [-0.05, 0) is 84.5 Å². The largest absolute Gasteiger partial charge is 0.463 e. The van der Waals surface area contributed by atoms with E-state index in [9.17, 15) is 24.7 Å². The van der Waals surface area contributed by atoms with E-state index in [1.54, 1.807) is 22.2 Å². The zero-order chi connectivity index (χ0) is 36.5. The van der Waals surface area contributed by atoms with Gasteiger partial charge in [0, 0.05) is 37.2 Å². The zero-order valence-electron chi connectivity index (χ0n) is 29.8. The van der Waals surface area contributed by atoms with E-state index in [2.05, 4.69) is 15.3 Å². The van der Waals surface area contributed by atoms with E-state index in [0.717, 1.165) is 33.6 Å². The Bertz CT molecular complexity index is 1760. The van der Waals surface area contributed by atoms with E-state index in [1.807, 2.05) is 113 Å². The maximum absolute atomic E-state index is 14.3. The van der Waals surface area contributed by atoms with Gasteiger partial charge in [-0.25, -0.2) is 9.59 Å². The third kappa shape index (κ3) is 9.91. The van der Waals surface area contributed by atoms with Crippen molar-refractivity contribution in [1.82, 2.24) is 30.1 Å². The normalized spacial score (nSPS) is 15.0. The van der Waals surface area contributed by atoms with Crippen molar-refractivity contribution < 1.29 is 24.7 Å². The average molecular weight is 693 g/mol. The number of aromatic nitrogens is 2. The molecule has 3 N–H and O–H groups in total. The molecule has 1 saturated heterocycles. The summed E-state index contributed by atoms with van der Waals surface area (Å²) in [6.07, 6.45) is 3.47. The molecule has 4 aromatic rings. The summed E-state index contributed by atoms with van der Waals surface area (Å²) < 4.78 is 0. The van der Waals surface area contributed by atoms with E-state index >= 15 is 0 Å². The van der Waals surface area contributed by atoms with Gasteiger partial charge in [0.1, 0.15) is 6.04 Å². The van der Waals surface area contributed by atoms with Crippen molar-refractivity contribution in [2.24, 2.45) is 5.41 Å². The Labute approximate surface area is 299 Å². The fraction of sp³-hybridized carbons (Fsp3) is 0.375. The van der Waals surface area contributed by atoms with Gasteiger partial charge in [0.05, 0.1) is 18.3 Å². The van der Waals surface area contributed by atoms with E-state index in [-0.39, 0.29) is 24.8 Å². The molecule has 3 atom stereocenters. The number of carboxylic acid groups (broad SMARTS) is 1. The lowest BCUT2D eigenvalue weighted by atomic mass is 9.84. The van der Waals surface area contributed by atoms with Gasteiger partial charge in [-0.15, -0.1) is 0 Å². The highest BCUT2D eigenvalue weighted by molar-refractivity contribution is 5.89. The monoisotopic (exact) mass is 692 g/mol. The second-order valence-electron chi connectivity index (χ2n) is 14.3. The second kappa shape index (κ2) is 16.6. The SMILES string of the molecule is Cc1cccc(CN2CCN([C@H](C(=O)N[C@@H](CCC(Cc3ccc(-c4ccncc4)cc3)N(O)C(=O)O)Cc3ccccc3)C(C)(C)C)C2=O)n1. The van der Waals surface area contributed by atoms with Crippen LogP contribution in [0.1, 0.15) is 56.1 Å². The first kappa shape index (κ1) is 37.0. The van der Waals surface area contributed by atoms with Crippen LogP contribution < -0.4 is 5.32 Å². The molecule has 0 radical (unpaired) electrons. The number of nitrogens with one attached hydrogen (secondary N) is 1. The fourth-order valence-electron chi connectivity index (χ4n) is 6.79. The first-order valence-corrected chi connectivity index (χ1v) is 17.4. The Morgan fingerprint density at radius 2 is 1.53 bits per heavy atom. The van der Waals surface area contributed by atoms with Crippen LogP contribution >= 0.6 is 0 Å². The molecule has 5 rings (SSSR count). The minimum atomic E-state index is -1.44. The Morgan fingerprint density at radius 1 is 0.863 bits per heavy atom. The summed E-state index contributed by atoms with van der Waals surface area (Å²) in [5, 5.41) is 24.0. The first-order valence-electron chi connectivity index (χ1n) is 17.4. The molecule has 2 aromatic carbocycles. The van der Waals surface area contributed by atoms with E-state index in [0.29, 0.717) is 37.5 Å². The van der Waals surface area contributed by atoms with Crippen LogP contribution in [0.3, 0.4) is 0 Å². The zero-order valence-corrected chi connectivity index (χ0v) is 29.8. The van der Waals surface area contributed by atoms with Gasteiger partial charge < -0.3 is 20.2 Å². The van der Waals surface area contributed by atoms with Gasteiger partial charge in [0.25, 0.3) is 0 Å². The maximum Gasteiger partial charge on any atom is 0.431 e. The topological polar surface area (TPSA) is 139 Å². The van der Waals surface area contributed by atoms with Crippen LogP contribution in [0.4, 0.5) is 9.59 Å². The number of pyridine rings is 2. The third-order valence-electron chi connectivity index (χ3n) is 9.31. The minimum absolute atomic E-state index is 0.208. The molecule has 2 aromatic heterocycles. The van der Waals surface area contributed by atoms with Gasteiger partial charge in [-0.2, -0.15) is 5.06 Å². The standard InChI is InChI=1S/C40H48N6O5/c1-28-9-8-12-34(42-28)27-44-23-24-45(38(44)48)36(40(2,3)4)37(47)43-33(25-29-10-6-5-7-11-29)17-18-35(46(51)39(49)50)26-30-13-15-31(16-14-30)32-19-21-41-22-20-32/h5-16,19-22,33,35-36,51H,17-18,23-27H2,1-4H3,(H,43,47)(H,49,50)/t33-,35?,36+/m0/s1. The van der Waals surface area contributed by atoms with Gasteiger partial charge >= 0.3 is 12.1 Å². The van der Waals surface area contributed by atoms with Crippen molar-refractivity contribution in [2.75, 3.05) is 13.1 Å². The molecule has 1 aliphatic heterocycles. The van der Waals surface area contributed by atoms with E-state index in [4.69, 9.17) is 0 Å². The fourth-order valence-corrected chi connectivity index (χ4v) is 6.79. The number of hydrogen-bond donors (Lipinski definition) is 3. The van der Waals surface area contributed by atoms with Crippen LogP contribution in [0.2, 0.25) is 0 Å². The van der Waals surface area contributed by atoms with Crippen molar-refractivity contribution in [2.45, 2.75) is 78.0 Å². The summed E-state index contributed by atoms with van der Waals surface area (Å²) in [5.41, 5.74) is 4.98. The third-order valence-corrected chi connectivity index (χ3v) is 9.31. The molecule has 11 nitrogen and oxygen atoms in total. The minimum Gasteiger partial charge on any atom is -0.463 e. The first-order chi connectivity index (χ1) is 24.4. The molecule has 0 spiro atoms. The summed E-state index contributed by atoms with van der Waals surface area (Å²) in [6.45, 7) is 9.02. The van der Waals surface area contributed by atoms with Crippen molar-refractivity contribution in [3.8, 4) is 11.1 Å². The van der Waals surface area contributed by atoms with Gasteiger partial charge in [-0.1, -0.05) is 81.4 Å². The number of amides is 4. The van der Waals surface area contributed by atoms with Crippen molar-refractivity contribution in [1.29, 1.82) is 0 Å². The van der Waals surface area contributed by atoms with E-state index < -0.39 is 29.6 Å². The number of rotatable bonds is 14. The summed E-state index contributed by atoms with van der Waals surface area (Å²) in [4.78, 5) is 52.0. The van der Waals surface area contributed by atoms with Crippen molar-refractivity contribution in [3.63, 3.8) is 0 Å². The molecule has 0 bridgehead atoms. The highest BCUT2D eigenvalue weighted by atomic mass is 16.6. The number of benzene rings is 2. The van der Waals surface area contributed by atoms with E-state index in [1.165, 1.54) is 0 Å². The number of hydroxylamine groups is 2. The van der Waals surface area contributed by atoms with Crippen LogP contribution in [-0.4, -0.2) is 84.4 Å². The van der Waals surface area contributed by atoms with Crippen LogP contribution in [-0.2, 0) is 24.2 Å². The Balaban J connectivity index is 1.32. The molecule has 268 valence electrons.